The number of benzene rings is 3. The minimum Gasteiger partial charge on any atom is -0.434 e. The third kappa shape index (κ3) is 7.33. The van der Waals surface area contributed by atoms with Gasteiger partial charge in [0.25, 0.3) is 5.91 Å². The Labute approximate surface area is 199 Å². The molecule has 0 saturated carbocycles. The number of anilines is 2. The first kappa shape index (κ1) is 23.7. The van der Waals surface area contributed by atoms with Crippen molar-refractivity contribution in [2.45, 2.75) is 6.92 Å². The van der Waals surface area contributed by atoms with Gasteiger partial charge in [-0.1, -0.05) is 40.2 Å². The molecule has 3 aromatic carbocycles. The van der Waals surface area contributed by atoms with E-state index < -0.39 is 6.16 Å². The van der Waals surface area contributed by atoms with E-state index >= 15 is 0 Å². The zero-order valence-corrected chi connectivity index (χ0v) is 19.3. The molecule has 0 heterocycles. The Hall–Kier alpha value is -3.91. The molecule has 0 bridgehead atoms. The molecule has 0 atom stereocenters. The molecule has 168 valence electrons. The molecule has 0 spiro atoms. The van der Waals surface area contributed by atoms with Crippen molar-refractivity contribution in [3.8, 4) is 5.75 Å². The molecule has 0 saturated heterocycles. The molecule has 2 N–H and O–H groups in total. The molecule has 2 amide bonds. The standard InChI is InChI=1S/C25H21BrN2O5/c1-2-32-25(31)33-20-14-10-18(11-15-20)24(30)28-22-6-4-3-5-21(22)27-23(29)16-9-17-7-12-19(26)13-8-17/h3-16H,2H2,1H3,(H,27,29)(H,28,30)/b16-9+. The van der Waals surface area contributed by atoms with Gasteiger partial charge in [0.05, 0.1) is 18.0 Å². The van der Waals surface area contributed by atoms with Gasteiger partial charge in [-0.3, -0.25) is 9.59 Å². The molecule has 0 aliphatic rings. The molecule has 7 nitrogen and oxygen atoms in total. The minimum atomic E-state index is -0.812. The van der Waals surface area contributed by atoms with Gasteiger partial charge in [-0.05, 0) is 67.1 Å². The van der Waals surface area contributed by atoms with Gasteiger partial charge in [-0.25, -0.2) is 4.79 Å². The lowest BCUT2D eigenvalue weighted by atomic mass is 10.2. The summed E-state index contributed by atoms with van der Waals surface area (Å²) in [7, 11) is 0. The maximum atomic E-state index is 12.7. The molecule has 0 aliphatic carbocycles. The predicted molar refractivity (Wildman–Crippen MR) is 130 cm³/mol. The average molecular weight is 509 g/mol. The van der Waals surface area contributed by atoms with E-state index in [4.69, 9.17) is 9.47 Å². The SMILES string of the molecule is CCOC(=O)Oc1ccc(C(=O)Nc2ccccc2NC(=O)/C=C/c2ccc(Br)cc2)cc1. The second kappa shape index (κ2) is 11.6. The quantitative estimate of drug-likeness (QED) is 0.235. The highest BCUT2D eigenvalue weighted by molar-refractivity contribution is 9.10. The summed E-state index contributed by atoms with van der Waals surface area (Å²) in [6.45, 7) is 1.88. The van der Waals surface area contributed by atoms with E-state index in [1.165, 1.54) is 30.3 Å². The van der Waals surface area contributed by atoms with Gasteiger partial charge in [-0.15, -0.1) is 0 Å². The third-order valence-electron chi connectivity index (χ3n) is 4.31. The number of carbonyl (C=O) groups is 3. The highest BCUT2D eigenvalue weighted by Crippen LogP contribution is 2.22. The fourth-order valence-electron chi connectivity index (χ4n) is 2.73. The number of ether oxygens (including phenoxy) is 2. The van der Waals surface area contributed by atoms with Crippen LogP contribution in [0.15, 0.2) is 83.3 Å². The van der Waals surface area contributed by atoms with Crippen LogP contribution in [0.3, 0.4) is 0 Å². The number of rotatable bonds is 7. The van der Waals surface area contributed by atoms with Crippen molar-refractivity contribution in [1.82, 2.24) is 0 Å². The lowest BCUT2D eigenvalue weighted by Crippen LogP contribution is -2.15. The van der Waals surface area contributed by atoms with Gasteiger partial charge >= 0.3 is 6.16 Å². The first-order valence-corrected chi connectivity index (χ1v) is 10.8. The van der Waals surface area contributed by atoms with Gasteiger partial charge < -0.3 is 20.1 Å². The van der Waals surface area contributed by atoms with Gasteiger partial charge in [0.15, 0.2) is 0 Å². The van der Waals surface area contributed by atoms with E-state index in [-0.39, 0.29) is 24.2 Å². The molecular formula is C25H21BrN2O5. The number of para-hydroxylation sites is 2. The van der Waals surface area contributed by atoms with Crippen LogP contribution in [0, 0.1) is 0 Å². The second-order valence-electron chi connectivity index (χ2n) is 6.68. The Kier molecular flexibility index (Phi) is 8.37. The van der Waals surface area contributed by atoms with Gasteiger partial charge in [-0.2, -0.15) is 0 Å². The first-order valence-electron chi connectivity index (χ1n) is 10.0. The Bertz CT molecular complexity index is 1160. The van der Waals surface area contributed by atoms with Crippen LogP contribution in [-0.4, -0.2) is 24.6 Å². The molecule has 3 aromatic rings. The van der Waals surface area contributed by atoms with Crippen molar-refractivity contribution in [2.24, 2.45) is 0 Å². The number of hydrogen-bond acceptors (Lipinski definition) is 5. The van der Waals surface area contributed by atoms with E-state index in [1.807, 2.05) is 24.3 Å². The van der Waals surface area contributed by atoms with Gasteiger partial charge in [0.1, 0.15) is 5.75 Å². The lowest BCUT2D eigenvalue weighted by molar-refractivity contribution is -0.111. The zero-order valence-electron chi connectivity index (χ0n) is 17.7. The fourth-order valence-corrected chi connectivity index (χ4v) is 3.00. The molecule has 0 unspecified atom stereocenters. The van der Waals surface area contributed by atoms with E-state index in [9.17, 15) is 14.4 Å². The second-order valence-corrected chi connectivity index (χ2v) is 7.60. The van der Waals surface area contributed by atoms with Crippen molar-refractivity contribution in [3.63, 3.8) is 0 Å². The molecule has 0 aliphatic heterocycles. The highest BCUT2D eigenvalue weighted by Gasteiger charge is 2.11. The summed E-state index contributed by atoms with van der Waals surface area (Å²) in [6.07, 6.45) is 2.31. The first-order chi connectivity index (χ1) is 15.9. The predicted octanol–water partition coefficient (Wildman–Crippen LogP) is 5.89. The molecule has 8 heteroatoms. The highest BCUT2D eigenvalue weighted by atomic mass is 79.9. The van der Waals surface area contributed by atoms with Crippen molar-refractivity contribution in [1.29, 1.82) is 0 Å². The third-order valence-corrected chi connectivity index (χ3v) is 4.84. The Morgan fingerprint density at radius 2 is 1.52 bits per heavy atom. The summed E-state index contributed by atoms with van der Waals surface area (Å²) >= 11 is 3.37. The summed E-state index contributed by atoms with van der Waals surface area (Å²) in [5, 5.41) is 5.55. The Morgan fingerprint density at radius 3 is 2.15 bits per heavy atom. The van der Waals surface area contributed by atoms with Crippen LogP contribution < -0.4 is 15.4 Å². The van der Waals surface area contributed by atoms with E-state index in [0.717, 1.165) is 10.0 Å². The summed E-state index contributed by atoms with van der Waals surface area (Å²) in [5.74, 6) is -0.458. The van der Waals surface area contributed by atoms with Crippen LogP contribution in [0.25, 0.3) is 6.08 Å². The zero-order chi connectivity index (χ0) is 23.6. The molecular weight excluding hydrogens is 488 g/mol. The Balaban J connectivity index is 1.63. The van der Waals surface area contributed by atoms with Crippen LogP contribution in [0.2, 0.25) is 0 Å². The van der Waals surface area contributed by atoms with E-state index in [1.54, 1.807) is 37.3 Å². The molecule has 3 rings (SSSR count). The summed E-state index contributed by atoms with van der Waals surface area (Å²) in [4.78, 5) is 36.4. The van der Waals surface area contributed by atoms with Gasteiger partial charge in [0.2, 0.25) is 5.91 Å². The number of halogens is 1. The van der Waals surface area contributed by atoms with Crippen LogP contribution in [0.5, 0.6) is 5.75 Å². The summed E-state index contributed by atoms with van der Waals surface area (Å²) < 4.78 is 10.6. The van der Waals surface area contributed by atoms with Gasteiger partial charge in [0, 0.05) is 16.1 Å². The number of nitrogens with one attached hydrogen (secondary N) is 2. The monoisotopic (exact) mass is 508 g/mol. The maximum absolute atomic E-state index is 12.7. The van der Waals surface area contributed by atoms with E-state index in [0.29, 0.717) is 16.9 Å². The normalized spacial score (nSPS) is 10.5. The maximum Gasteiger partial charge on any atom is 0.513 e. The van der Waals surface area contributed by atoms with Crippen molar-refractivity contribution < 1.29 is 23.9 Å². The molecule has 33 heavy (non-hydrogen) atoms. The Morgan fingerprint density at radius 1 is 0.879 bits per heavy atom. The molecule has 0 fully saturated rings. The number of hydrogen-bond donors (Lipinski definition) is 2. The number of amides is 2. The fraction of sp³-hybridized carbons (Fsp3) is 0.0800. The smallest absolute Gasteiger partial charge is 0.434 e. The van der Waals surface area contributed by atoms with Crippen LogP contribution >= 0.6 is 15.9 Å². The lowest BCUT2D eigenvalue weighted by Gasteiger charge is -2.11. The van der Waals surface area contributed by atoms with Crippen molar-refractivity contribution in [2.75, 3.05) is 17.2 Å². The van der Waals surface area contributed by atoms with Crippen molar-refractivity contribution >= 4 is 51.4 Å². The minimum absolute atomic E-state index is 0.204. The van der Waals surface area contributed by atoms with Crippen LogP contribution in [-0.2, 0) is 9.53 Å². The van der Waals surface area contributed by atoms with Crippen molar-refractivity contribution in [3.05, 3.63) is 94.5 Å². The molecule has 0 radical (unpaired) electrons. The van der Waals surface area contributed by atoms with Crippen LogP contribution in [0.4, 0.5) is 16.2 Å². The van der Waals surface area contributed by atoms with Crippen LogP contribution in [0.1, 0.15) is 22.8 Å². The average Bonchev–Trinajstić information content (AvgIpc) is 2.80. The largest absolute Gasteiger partial charge is 0.513 e. The number of carbonyl (C=O) groups excluding carboxylic acids is 3. The van der Waals surface area contributed by atoms with E-state index in [2.05, 4.69) is 26.6 Å². The topological polar surface area (TPSA) is 93.7 Å². The summed E-state index contributed by atoms with van der Waals surface area (Å²) in [6, 6.07) is 20.4. The molecule has 0 aromatic heterocycles. The summed E-state index contributed by atoms with van der Waals surface area (Å²) in [5.41, 5.74) is 2.13.